The summed E-state index contributed by atoms with van der Waals surface area (Å²) >= 11 is 0. The molecule has 0 fully saturated rings. The normalized spacial score (nSPS) is 11.8. The molecule has 10 nitrogen and oxygen atoms in total. The molecule has 0 aliphatic rings. The summed E-state index contributed by atoms with van der Waals surface area (Å²) in [4.78, 5) is 0. The van der Waals surface area contributed by atoms with Gasteiger partial charge in [-0.1, -0.05) is 18.7 Å². The third-order valence-electron chi connectivity index (χ3n) is 4.23. The lowest BCUT2D eigenvalue weighted by Gasteiger charge is -2.28. The van der Waals surface area contributed by atoms with Gasteiger partial charge in [0.25, 0.3) is 0 Å². The molecule has 0 amide bonds. The fraction of sp³-hybridized carbons (Fsp3) is 0.833. The van der Waals surface area contributed by atoms with Gasteiger partial charge in [-0.3, -0.25) is 0 Å². The second kappa shape index (κ2) is 26.1. The molecule has 0 heterocycles. The molecule has 0 rings (SSSR count). The Bertz CT molecular complexity index is 468. The molecule has 36 heavy (non-hydrogen) atoms. The standard InChI is InChI=1S/C13H28O4Si.C11H24O6Si/c1-6-15-18(16-7-2,17-8-3)11-9-10-14-12-13(4)5;1-5-18(15-9-6-12-2,16-10-7-13-3)17-11-8-14-4/h4,6-12H2,1-3,5H3;5H,1,6-11H2,2-4H3. The largest absolute Gasteiger partial charge is 0.529 e. The first kappa shape index (κ1) is 37.7. The van der Waals surface area contributed by atoms with Crippen molar-refractivity contribution in [3.63, 3.8) is 0 Å². The van der Waals surface area contributed by atoms with E-state index in [4.69, 9.17) is 45.5 Å². The third kappa shape index (κ3) is 20.6. The van der Waals surface area contributed by atoms with Crippen LogP contribution in [0.1, 0.15) is 34.1 Å². The summed E-state index contributed by atoms with van der Waals surface area (Å²) in [6.07, 6.45) is 0.888. The van der Waals surface area contributed by atoms with Crippen LogP contribution < -0.4 is 0 Å². The van der Waals surface area contributed by atoms with Crippen molar-refractivity contribution in [2.45, 2.75) is 40.2 Å². The Morgan fingerprint density at radius 1 is 0.667 bits per heavy atom. The van der Waals surface area contributed by atoms with E-state index in [9.17, 15) is 0 Å². The number of ether oxygens (including phenoxy) is 4. The van der Waals surface area contributed by atoms with Crippen molar-refractivity contribution in [3.8, 4) is 0 Å². The minimum atomic E-state index is -2.86. The van der Waals surface area contributed by atoms with Crippen molar-refractivity contribution < 1.29 is 45.5 Å². The lowest BCUT2D eigenvalue weighted by molar-refractivity contribution is 0.0232. The van der Waals surface area contributed by atoms with Crippen molar-refractivity contribution in [2.24, 2.45) is 0 Å². The molecule has 0 radical (unpaired) electrons. The highest BCUT2D eigenvalue weighted by molar-refractivity contribution is 6.66. The predicted molar refractivity (Wildman–Crippen MR) is 145 cm³/mol. The molecule has 0 aromatic rings. The Kier molecular flexibility index (Phi) is 27.3. The summed E-state index contributed by atoms with van der Waals surface area (Å²) < 4.78 is 54.5. The van der Waals surface area contributed by atoms with Crippen molar-refractivity contribution in [1.82, 2.24) is 0 Å². The maximum absolute atomic E-state index is 5.76. The summed E-state index contributed by atoms with van der Waals surface area (Å²) in [7, 11) is -0.505. The van der Waals surface area contributed by atoms with Crippen LogP contribution in [0.2, 0.25) is 6.04 Å². The smallest absolute Gasteiger partial charge is 0.382 e. The van der Waals surface area contributed by atoms with Gasteiger partial charge in [0, 0.05) is 53.8 Å². The van der Waals surface area contributed by atoms with Gasteiger partial charge in [0.05, 0.1) is 46.2 Å². The van der Waals surface area contributed by atoms with Gasteiger partial charge in [-0.15, -0.1) is 0 Å². The minimum absolute atomic E-state index is 0.398. The average Bonchev–Trinajstić information content (AvgIpc) is 2.85. The molecule has 0 saturated heterocycles. The Balaban J connectivity index is 0. The summed E-state index contributed by atoms with van der Waals surface area (Å²) in [5.41, 5.74) is 2.64. The van der Waals surface area contributed by atoms with Crippen LogP contribution in [0.5, 0.6) is 0 Å². The highest BCUT2D eigenvalue weighted by Crippen LogP contribution is 2.18. The van der Waals surface area contributed by atoms with Gasteiger partial charge >= 0.3 is 17.6 Å². The van der Waals surface area contributed by atoms with Crippen molar-refractivity contribution in [1.29, 1.82) is 0 Å². The first-order valence-electron chi connectivity index (χ1n) is 12.5. The second-order valence-electron chi connectivity index (χ2n) is 7.43. The summed E-state index contributed by atoms with van der Waals surface area (Å²) in [6, 6.07) is 0.804. The highest BCUT2D eigenvalue weighted by Gasteiger charge is 2.39. The van der Waals surface area contributed by atoms with E-state index < -0.39 is 17.6 Å². The molecule has 0 aliphatic heterocycles. The van der Waals surface area contributed by atoms with Gasteiger partial charge in [-0.25, -0.2) is 0 Å². The fourth-order valence-electron chi connectivity index (χ4n) is 2.74. The molecule has 0 spiro atoms. The van der Waals surface area contributed by atoms with E-state index in [-0.39, 0.29) is 0 Å². The van der Waals surface area contributed by atoms with E-state index in [1.165, 1.54) is 0 Å². The Morgan fingerprint density at radius 3 is 1.39 bits per heavy atom. The monoisotopic (exact) mass is 556 g/mol. The first-order valence-corrected chi connectivity index (χ1v) is 16.2. The van der Waals surface area contributed by atoms with E-state index in [0.29, 0.717) is 72.7 Å². The molecule has 0 saturated carbocycles. The van der Waals surface area contributed by atoms with Gasteiger partial charge in [-0.2, -0.15) is 0 Å². The predicted octanol–water partition coefficient (Wildman–Crippen LogP) is 3.66. The van der Waals surface area contributed by atoms with Crippen LogP contribution in [-0.4, -0.2) is 112 Å². The van der Waals surface area contributed by atoms with E-state index in [1.807, 2.05) is 27.7 Å². The average molecular weight is 557 g/mol. The van der Waals surface area contributed by atoms with E-state index in [0.717, 1.165) is 18.0 Å². The first-order chi connectivity index (χ1) is 17.3. The summed E-state index contributed by atoms with van der Waals surface area (Å²) in [5.74, 6) is 0. The van der Waals surface area contributed by atoms with Crippen LogP contribution in [0, 0.1) is 0 Å². The summed E-state index contributed by atoms with van der Waals surface area (Å²) in [6.45, 7) is 21.2. The van der Waals surface area contributed by atoms with Gasteiger partial charge in [-0.05, 0) is 39.8 Å². The van der Waals surface area contributed by atoms with Crippen LogP contribution in [0.15, 0.2) is 24.4 Å². The SMILES string of the molecule is C=C(C)COCCC[Si](OCC)(OCC)OCC.C=C[Si](OCCOC)(OCCOC)OCCOC. The molecule has 0 bridgehead atoms. The molecule has 216 valence electrons. The Morgan fingerprint density at radius 2 is 1.08 bits per heavy atom. The van der Waals surface area contributed by atoms with Crippen molar-refractivity contribution >= 4 is 17.6 Å². The van der Waals surface area contributed by atoms with Crippen LogP contribution in [0.3, 0.4) is 0 Å². The van der Waals surface area contributed by atoms with Crippen molar-refractivity contribution in [3.05, 3.63) is 24.4 Å². The van der Waals surface area contributed by atoms with E-state index in [1.54, 1.807) is 27.0 Å². The van der Waals surface area contributed by atoms with Gasteiger partial charge in [0.2, 0.25) is 0 Å². The quantitative estimate of drug-likeness (QED) is 0.0942. The van der Waals surface area contributed by atoms with Gasteiger partial charge < -0.3 is 45.5 Å². The van der Waals surface area contributed by atoms with Crippen LogP contribution >= 0.6 is 0 Å². The minimum Gasteiger partial charge on any atom is -0.382 e. The molecule has 0 aromatic carbocycles. The second-order valence-corrected chi connectivity index (χ2v) is 12.6. The highest BCUT2D eigenvalue weighted by atomic mass is 28.4. The lowest BCUT2D eigenvalue weighted by atomic mass is 10.4. The van der Waals surface area contributed by atoms with Crippen LogP contribution in [0.25, 0.3) is 0 Å². The zero-order chi connectivity index (χ0) is 27.5. The molecule has 0 aliphatic carbocycles. The van der Waals surface area contributed by atoms with Crippen LogP contribution in [0.4, 0.5) is 0 Å². The number of hydrogen-bond donors (Lipinski definition) is 0. The van der Waals surface area contributed by atoms with Crippen molar-refractivity contribution in [2.75, 3.05) is 94.0 Å². The molecule has 0 unspecified atom stereocenters. The molecular formula is C24H52O10Si2. The van der Waals surface area contributed by atoms with E-state index >= 15 is 0 Å². The van der Waals surface area contributed by atoms with Gasteiger partial charge in [0.15, 0.2) is 0 Å². The van der Waals surface area contributed by atoms with E-state index in [2.05, 4.69) is 13.2 Å². The number of rotatable bonds is 25. The zero-order valence-electron chi connectivity index (χ0n) is 23.8. The third-order valence-corrected chi connectivity index (χ3v) is 9.71. The molecule has 12 heteroatoms. The lowest BCUT2D eigenvalue weighted by Crippen LogP contribution is -2.46. The molecular weight excluding hydrogens is 504 g/mol. The van der Waals surface area contributed by atoms with Gasteiger partial charge in [0.1, 0.15) is 0 Å². The summed E-state index contributed by atoms with van der Waals surface area (Å²) in [5, 5.41) is 0. The Labute approximate surface area is 221 Å². The fourth-order valence-corrected chi connectivity index (χ4v) is 7.03. The van der Waals surface area contributed by atoms with Crippen LogP contribution in [-0.2, 0) is 45.5 Å². The molecule has 0 N–H and O–H groups in total. The molecule has 0 aromatic heterocycles. The number of methoxy groups -OCH3 is 3. The zero-order valence-corrected chi connectivity index (χ0v) is 25.8. The molecule has 0 atom stereocenters. The maximum Gasteiger partial charge on any atom is 0.529 e. The maximum atomic E-state index is 5.76. The Hall–Kier alpha value is -0.486. The topological polar surface area (TPSA) is 92.3 Å². The number of hydrogen-bond acceptors (Lipinski definition) is 10.